The van der Waals surface area contributed by atoms with Crippen molar-refractivity contribution >= 4 is 16.3 Å². The standard InChI is InChI=1S/C6H11BrO6/c7-13-5-4(10)3(9)2(1-8)12-6(5)11/h2-6,8-11H,1H2/t2-,3-,4+,5-,6?/m1/s1. The van der Waals surface area contributed by atoms with Crippen LogP contribution in [0.25, 0.3) is 0 Å². The van der Waals surface area contributed by atoms with Crippen LogP contribution in [-0.2, 0) is 8.57 Å². The SMILES string of the molecule is OC[C@H]1OC(O)[C@H](OBr)[C@@H](O)[C@@H]1O. The van der Waals surface area contributed by atoms with Gasteiger partial charge in [0.15, 0.2) is 12.4 Å². The average molecular weight is 259 g/mol. The highest BCUT2D eigenvalue weighted by molar-refractivity contribution is 9.06. The summed E-state index contributed by atoms with van der Waals surface area (Å²) in [7, 11) is 0. The number of ether oxygens (including phenoxy) is 1. The summed E-state index contributed by atoms with van der Waals surface area (Å²) in [4.78, 5) is 0. The van der Waals surface area contributed by atoms with Crippen molar-refractivity contribution in [3.8, 4) is 0 Å². The fourth-order valence-electron chi connectivity index (χ4n) is 1.17. The average Bonchev–Trinajstić information content (AvgIpc) is 2.12. The lowest BCUT2D eigenvalue weighted by Crippen LogP contribution is -2.58. The molecule has 0 aromatic rings. The first-order chi connectivity index (χ1) is 6.11. The van der Waals surface area contributed by atoms with Gasteiger partial charge in [-0.3, -0.25) is 3.83 Å². The monoisotopic (exact) mass is 258 g/mol. The van der Waals surface area contributed by atoms with Gasteiger partial charge in [-0.15, -0.1) is 0 Å². The molecule has 1 aliphatic heterocycles. The summed E-state index contributed by atoms with van der Waals surface area (Å²) in [5.41, 5.74) is 0. The van der Waals surface area contributed by atoms with Gasteiger partial charge in [0.05, 0.1) is 22.9 Å². The van der Waals surface area contributed by atoms with Crippen molar-refractivity contribution in [2.45, 2.75) is 30.7 Å². The summed E-state index contributed by atoms with van der Waals surface area (Å²) < 4.78 is 9.29. The van der Waals surface area contributed by atoms with Gasteiger partial charge in [-0.25, -0.2) is 0 Å². The number of hydrogen-bond donors (Lipinski definition) is 4. The number of hydrogen-bond acceptors (Lipinski definition) is 6. The minimum atomic E-state index is -1.38. The van der Waals surface area contributed by atoms with E-state index in [1.54, 1.807) is 0 Å². The molecule has 13 heavy (non-hydrogen) atoms. The minimum Gasteiger partial charge on any atom is -0.394 e. The van der Waals surface area contributed by atoms with Crippen molar-refractivity contribution in [2.24, 2.45) is 0 Å². The van der Waals surface area contributed by atoms with Crippen LogP contribution in [0.3, 0.4) is 0 Å². The lowest BCUT2D eigenvalue weighted by atomic mass is 10.00. The highest BCUT2D eigenvalue weighted by Gasteiger charge is 2.44. The van der Waals surface area contributed by atoms with Crippen LogP contribution in [0.1, 0.15) is 0 Å². The molecule has 1 rings (SSSR count). The van der Waals surface area contributed by atoms with Crippen LogP contribution in [0.2, 0.25) is 0 Å². The Morgan fingerprint density at radius 2 is 1.85 bits per heavy atom. The van der Waals surface area contributed by atoms with Gasteiger partial charge in [-0.1, -0.05) is 0 Å². The molecule has 1 aliphatic rings. The molecule has 1 unspecified atom stereocenters. The maximum absolute atomic E-state index is 9.35. The third kappa shape index (κ3) is 2.18. The summed E-state index contributed by atoms with van der Waals surface area (Å²) >= 11 is 2.59. The summed E-state index contributed by atoms with van der Waals surface area (Å²) in [6.07, 6.45) is -6.03. The van der Waals surface area contributed by atoms with Crippen molar-refractivity contribution in [3.63, 3.8) is 0 Å². The quantitative estimate of drug-likeness (QED) is 0.463. The van der Waals surface area contributed by atoms with E-state index >= 15 is 0 Å². The van der Waals surface area contributed by atoms with E-state index in [-0.39, 0.29) is 0 Å². The molecule has 1 heterocycles. The highest BCUT2D eigenvalue weighted by atomic mass is 79.9. The van der Waals surface area contributed by atoms with E-state index in [0.717, 1.165) is 0 Å². The molecule has 7 heteroatoms. The second-order valence-corrected chi connectivity index (χ2v) is 3.16. The van der Waals surface area contributed by atoms with Crippen molar-refractivity contribution in [1.82, 2.24) is 0 Å². The van der Waals surface area contributed by atoms with E-state index in [0.29, 0.717) is 0 Å². The Morgan fingerprint density at radius 1 is 1.23 bits per heavy atom. The fraction of sp³-hybridized carbons (Fsp3) is 1.00. The number of halogens is 1. The Kier molecular flexibility index (Phi) is 4.05. The predicted molar refractivity (Wildman–Crippen MR) is 43.8 cm³/mol. The lowest BCUT2D eigenvalue weighted by Gasteiger charge is -2.38. The van der Waals surface area contributed by atoms with Gasteiger partial charge >= 0.3 is 0 Å². The largest absolute Gasteiger partial charge is 0.394 e. The number of aliphatic hydroxyl groups excluding tert-OH is 4. The molecule has 4 N–H and O–H groups in total. The van der Waals surface area contributed by atoms with Gasteiger partial charge in [-0.05, 0) is 0 Å². The molecule has 78 valence electrons. The summed E-state index contributed by atoms with van der Waals surface area (Å²) in [6, 6.07) is 0. The van der Waals surface area contributed by atoms with Gasteiger partial charge in [0.1, 0.15) is 18.3 Å². The topological polar surface area (TPSA) is 99.4 Å². The minimum absolute atomic E-state index is 0.482. The van der Waals surface area contributed by atoms with Gasteiger partial charge in [0.25, 0.3) is 0 Å². The van der Waals surface area contributed by atoms with Crippen molar-refractivity contribution in [2.75, 3.05) is 6.61 Å². The van der Waals surface area contributed by atoms with Crippen LogP contribution in [0, 0.1) is 0 Å². The van der Waals surface area contributed by atoms with E-state index in [9.17, 15) is 15.3 Å². The summed E-state index contributed by atoms with van der Waals surface area (Å²) in [5.74, 6) is 0. The Labute approximate surface area is 83.2 Å². The van der Waals surface area contributed by atoms with Crippen molar-refractivity contribution in [1.29, 1.82) is 0 Å². The zero-order chi connectivity index (χ0) is 10.0. The number of rotatable bonds is 2. The Hall–Kier alpha value is 0.240. The Balaban J connectivity index is 2.66. The second-order valence-electron chi connectivity index (χ2n) is 2.78. The van der Waals surface area contributed by atoms with Crippen LogP contribution in [-0.4, -0.2) is 57.7 Å². The van der Waals surface area contributed by atoms with Gasteiger partial charge in [0.2, 0.25) is 0 Å². The summed E-state index contributed by atoms with van der Waals surface area (Å²) in [6.45, 7) is -0.482. The molecule has 0 aliphatic carbocycles. The first kappa shape index (κ1) is 11.3. The fourth-order valence-corrected chi connectivity index (χ4v) is 1.57. The maximum Gasteiger partial charge on any atom is 0.185 e. The van der Waals surface area contributed by atoms with E-state index in [1.165, 1.54) is 0 Å². The summed E-state index contributed by atoms with van der Waals surface area (Å²) in [5, 5.41) is 36.6. The smallest absolute Gasteiger partial charge is 0.185 e. The normalized spacial score (nSPS) is 46.4. The van der Waals surface area contributed by atoms with E-state index in [4.69, 9.17) is 9.84 Å². The van der Waals surface area contributed by atoms with Gasteiger partial charge in [-0.2, -0.15) is 0 Å². The predicted octanol–water partition coefficient (Wildman–Crippen LogP) is -1.89. The third-order valence-corrected chi connectivity index (χ3v) is 2.38. The van der Waals surface area contributed by atoms with Crippen molar-refractivity contribution in [3.05, 3.63) is 0 Å². The third-order valence-electron chi connectivity index (χ3n) is 1.95. The lowest BCUT2D eigenvalue weighted by molar-refractivity contribution is -0.277. The molecule has 0 aromatic heterocycles. The molecule has 0 saturated carbocycles. The van der Waals surface area contributed by atoms with Crippen LogP contribution < -0.4 is 0 Å². The zero-order valence-electron chi connectivity index (χ0n) is 6.58. The van der Waals surface area contributed by atoms with Crippen LogP contribution in [0.15, 0.2) is 0 Å². The van der Waals surface area contributed by atoms with E-state index in [2.05, 4.69) is 20.1 Å². The molecule has 6 nitrogen and oxygen atoms in total. The Bertz CT molecular complexity index is 167. The molecule has 0 amide bonds. The van der Waals surface area contributed by atoms with Crippen LogP contribution in [0.4, 0.5) is 0 Å². The molecule has 0 spiro atoms. The Morgan fingerprint density at radius 3 is 2.31 bits per heavy atom. The molecule has 0 radical (unpaired) electrons. The molecule has 0 aromatic carbocycles. The van der Waals surface area contributed by atoms with E-state index < -0.39 is 37.3 Å². The van der Waals surface area contributed by atoms with Crippen LogP contribution in [0.5, 0.6) is 0 Å². The molecule has 0 bridgehead atoms. The van der Waals surface area contributed by atoms with E-state index in [1.807, 2.05) is 0 Å². The maximum atomic E-state index is 9.35. The van der Waals surface area contributed by atoms with Crippen LogP contribution >= 0.6 is 16.3 Å². The zero-order valence-corrected chi connectivity index (χ0v) is 8.16. The van der Waals surface area contributed by atoms with Gasteiger partial charge in [0, 0.05) is 0 Å². The van der Waals surface area contributed by atoms with Gasteiger partial charge < -0.3 is 25.2 Å². The molecule has 5 atom stereocenters. The van der Waals surface area contributed by atoms with Crippen molar-refractivity contribution < 1.29 is 29.0 Å². The first-order valence-corrected chi connectivity index (χ1v) is 4.34. The second kappa shape index (κ2) is 4.65. The molecular weight excluding hydrogens is 248 g/mol. The molecule has 1 saturated heterocycles. The molecular formula is C6H11BrO6. The molecule has 1 fully saturated rings. The first-order valence-electron chi connectivity index (χ1n) is 3.69. The highest BCUT2D eigenvalue weighted by Crippen LogP contribution is 2.23. The number of aliphatic hydroxyl groups is 4.